The van der Waals surface area contributed by atoms with Crippen LogP contribution in [0.15, 0.2) is 36.9 Å². The molecule has 1 aromatic heterocycles. The zero-order chi connectivity index (χ0) is 16.4. The Labute approximate surface area is 133 Å². The molecule has 0 radical (unpaired) electrons. The van der Waals surface area contributed by atoms with Gasteiger partial charge in [0.05, 0.1) is 12.0 Å². The van der Waals surface area contributed by atoms with E-state index in [-0.39, 0.29) is 12.5 Å². The van der Waals surface area contributed by atoms with Gasteiger partial charge in [-0.2, -0.15) is 5.10 Å². The molecule has 1 aliphatic rings. The maximum absolute atomic E-state index is 12.8. The number of carboxylic acid groups (broad SMARTS) is 1. The van der Waals surface area contributed by atoms with Crippen LogP contribution in [-0.2, 0) is 11.3 Å². The summed E-state index contributed by atoms with van der Waals surface area (Å²) in [7, 11) is 0. The Morgan fingerprint density at radius 3 is 2.78 bits per heavy atom. The molecule has 1 saturated heterocycles. The van der Waals surface area contributed by atoms with Gasteiger partial charge in [-0.15, -0.1) is 0 Å². The molecular weight excluding hydrogens is 296 g/mol. The minimum atomic E-state index is -0.865. The molecule has 1 amide bonds. The predicted octanol–water partition coefficient (Wildman–Crippen LogP) is 1.26. The van der Waals surface area contributed by atoms with Crippen LogP contribution < -0.4 is 0 Å². The maximum atomic E-state index is 12.8. The number of aliphatic carboxylic acids is 1. The van der Waals surface area contributed by atoms with Crippen molar-refractivity contribution >= 4 is 11.9 Å². The van der Waals surface area contributed by atoms with Gasteiger partial charge in [0.2, 0.25) is 0 Å². The van der Waals surface area contributed by atoms with Crippen LogP contribution in [0.1, 0.15) is 29.3 Å². The maximum Gasteiger partial charge on any atom is 0.311 e. The van der Waals surface area contributed by atoms with Gasteiger partial charge in [-0.1, -0.05) is 18.2 Å². The van der Waals surface area contributed by atoms with Crippen LogP contribution in [0.5, 0.6) is 0 Å². The standard InChI is InChI=1S/C16H18N4O3/c1-16(15(22)23)6-7-19(9-16)14(21)13-5-3-2-4-12(13)8-20-11-17-10-18-20/h2-5,10-11H,6-9H2,1H3,(H,22,23)/t16-/m0/s1. The van der Waals surface area contributed by atoms with Gasteiger partial charge in [0, 0.05) is 18.7 Å². The van der Waals surface area contributed by atoms with Crippen LogP contribution in [-0.4, -0.2) is 49.7 Å². The van der Waals surface area contributed by atoms with Crippen LogP contribution >= 0.6 is 0 Å². The number of amides is 1. The molecule has 1 aromatic carbocycles. The topological polar surface area (TPSA) is 88.3 Å². The summed E-state index contributed by atoms with van der Waals surface area (Å²) >= 11 is 0. The molecular formula is C16H18N4O3. The van der Waals surface area contributed by atoms with Crippen LogP contribution in [0.25, 0.3) is 0 Å². The van der Waals surface area contributed by atoms with Gasteiger partial charge in [0.25, 0.3) is 5.91 Å². The van der Waals surface area contributed by atoms with Crippen molar-refractivity contribution in [2.45, 2.75) is 19.9 Å². The number of benzene rings is 1. The van der Waals surface area contributed by atoms with Gasteiger partial charge in [-0.05, 0) is 25.0 Å². The third kappa shape index (κ3) is 2.94. The summed E-state index contributed by atoms with van der Waals surface area (Å²) in [5, 5.41) is 13.4. The van der Waals surface area contributed by atoms with E-state index in [1.54, 1.807) is 28.9 Å². The number of rotatable bonds is 4. The van der Waals surface area contributed by atoms with Crippen LogP contribution in [0.4, 0.5) is 0 Å². The van der Waals surface area contributed by atoms with Crippen molar-refractivity contribution in [3.8, 4) is 0 Å². The number of hydrogen-bond acceptors (Lipinski definition) is 4. The number of carbonyl (C=O) groups is 2. The smallest absolute Gasteiger partial charge is 0.311 e. The first-order valence-corrected chi connectivity index (χ1v) is 7.42. The van der Waals surface area contributed by atoms with Crippen molar-refractivity contribution in [2.75, 3.05) is 13.1 Å². The van der Waals surface area contributed by atoms with Crippen molar-refractivity contribution in [3.63, 3.8) is 0 Å². The first-order chi connectivity index (χ1) is 11.0. The predicted molar refractivity (Wildman–Crippen MR) is 81.8 cm³/mol. The molecule has 0 spiro atoms. The van der Waals surface area contributed by atoms with E-state index in [9.17, 15) is 14.7 Å². The third-order valence-electron chi connectivity index (χ3n) is 4.32. The number of likely N-dealkylation sites (tertiary alicyclic amines) is 1. The van der Waals surface area contributed by atoms with Crippen molar-refractivity contribution in [1.29, 1.82) is 0 Å². The lowest BCUT2D eigenvalue weighted by atomic mass is 9.90. The van der Waals surface area contributed by atoms with Gasteiger partial charge in [-0.25, -0.2) is 9.67 Å². The molecule has 0 aliphatic carbocycles. The molecule has 2 heterocycles. The van der Waals surface area contributed by atoms with E-state index in [0.717, 1.165) is 5.56 Å². The zero-order valence-corrected chi connectivity index (χ0v) is 12.8. The van der Waals surface area contributed by atoms with E-state index in [0.29, 0.717) is 25.1 Å². The highest BCUT2D eigenvalue weighted by Crippen LogP contribution is 2.31. The summed E-state index contributed by atoms with van der Waals surface area (Å²) in [5.74, 6) is -0.991. The largest absolute Gasteiger partial charge is 0.481 e. The number of carbonyl (C=O) groups excluding carboxylic acids is 1. The van der Waals surface area contributed by atoms with Gasteiger partial charge < -0.3 is 10.0 Å². The Bertz CT molecular complexity index is 729. The molecule has 1 aliphatic heterocycles. The summed E-state index contributed by atoms with van der Waals surface area (Å²) in [4.78, 5) is 29.7. The van der Waals surface area contributed by atoms with E-state index < -0.39 is 11.4 Å². The Hall–Kier alpha value is -2.70. The lowest BCUT2D eigenvalue weighted by molar-refractivity contribution is -0.147. The first-order valence-electron chi connectivity index (χ1n) is 7.42. The average Bonchev–Trinajstić information content (AvgIpc) is 3.18. The van der Waals surface area contributed by atoms with Gasteiger partial charge >= 0.3 is 5.97 Å². The fraction of sp³-hybridized carbons (Fsp3) is 0.375. The van der Waals surface area contributed by atoms with Crippen LogP contribution in [0.2, 0.25) is 0 Å². The summed E-state index contributed by atoms with van der Waals surface area (Å²) in [6, 6.07) is 7.32. The number of aromatic nitrogens is 3. The highest BCUT2D eigenvalue weighted by atomic mass is 16.4. The molecule has 23 heavy (non-hydrogen) atoms. The third-order valence-corrected chi connectivity index (χ3v) is 4.32. The number of carboxylic acids is 1. The molecule has 2 aromatic rings. The first kappa shape index (κ1) is 15.2. The summed E-state index contributed by atoms with van der Waals surface area (Å²) in [5.41, 5.74) is 0.556. The van der Waals surface area contributed by atoms with E-state index in [1.165, 1.54) is 6.33 Å². The summed E-state index contributed by atoms with van der Waals surface area (Å²) in [6.45, 7) is 2.83. The minimum Gasteiger partial charge on any atom is -0.481 e. The molecule has 120 valence electrons. The fourth-order valence-electron chi connectivity index (χ4n) is 2.84. The van der Waals surface area contributed by atoms with E-state index in [4.69, 9.17) is 0 Å². The molecule has 0 unspecified atom stereocenters. The Morgan fingerprint density at radius 2 is 2.13 bits per heavy atom. The fourth-order valence-corrected chi connectivity index (χ4v) is 2.84. The zero-order valence-electron chi connectivity index (χ0n) is 12.8. The SMILES string of the molecule is C[C@]1(C(=O)O)CCN(C(=O)c2ccccc2Cn2cncn2)C1. The molecule has 7 heteroatoms. The Balaban J connectivity index is 1.82. The quantitative estimate of drug-likeness (QED) is 0.918. The summed E-state index contributed by atoms with van der Waals surface area (Å²) < 4.78 is 1.65. The normalized spacial score (nSPS) is 20.7. The molecule has 1 N–H and O–H groups in total. The Morgan fingerprint density at radius 1 is 1.35 bits per heavy atom. The van der Waals surface area contributed by atoms with E-state index >= 15 is 0 Å². The van der Waals surface area contributed by atoms with Crippen LogP contribution in [0.3, 0.4) is 0 Å². The van der Waals surface area contributed by atoms with Crippen molar-refractivity contribution in [3.05, 3.63) is 48.0 Å². The summed E-state index contributed by atoms with van der Waals surface area (Å²) in [6.07, 6.45) is 3.52. The molecule has 3 rings (SSSR count). The van der Waals surface area contributed by atoms with Crippen LogP contribution in [0, 0.1) is 5.41 Å². The van der Waals surface area contributed by atoms with Crippen molar-refractivity contribution in [1.82, 2.24) is 19.7 Å². The number of hydrogen-bond donors (Lipinski definition) is 1. The van der Waals surface area contributed by atoms with Crippen molar-refractivity contribution < 1.29 is 14.7 Å². The van der Waals surface area contributed by atoms with Gasteiger partial charge in [-0.3, -0.25) is 9.59 Å². The second-order valence-corrected chi connectivity index (χ2v) is 6.09. The van der Waals surface area contributed by atoms with Crippen molar-refractivity contribution in [2.24, 2.45) is 5.41 Å². The monoisotopic (exact) mass is 314 g/mol. The molecule has 1 fully saturated rings. The number of nitrogens with zero attached hydrogens (tertiary/aromatic N) is 4. The lowest BCUT2D eigenvalue weighted by Gasteiger charge is -2.21. The van der Waals surface area contributed by atoms with E-state index in [2.05, 4.69) is 10.1 Å². The highest BCUT2D eigenvalue weighted by Gasteiger charge is 2.42. The second-order valence-electron chi connectivity index (χ2n) is 6.09. The van der Waals surface area contributed by atoms with Gasteiger partial charge in [0.1, 0.15) is 12.7 Å². The Kier molecular flexibility index (Phi) is 3.85. The van der Waals surface area contributed by atoms with E-state index in [1.807, 2.05) is 18.2 Å². The average molecular weight is 314 g/mol. The molecule has 0 saturated carbocycles. The molecule has 0 bridgehead atoms. The van der Waals surface area contributed by atoms with Gasteiger partial charge in [0.15, 0.2) is 0 Å². The highest BCUT2D eigenvalue weighted by molar-refractivity contribution is 5.96. The minimum absolute atomic E-state index is 0.134. The molecule has 1 atom stereocenters. The molecule has 7 nitrogen and oxygen atoms in total. The lowest BCUT2D eigenvalue weighted by Crippen LogP contribution is -2.35. The second kappa shape index (κ2) is 5.83.